The van der Waals surface area contributed by atoms with Gasteiger partial charge in [-0.25, -0.2) is 4.57 Å². The Morgan fingerprint density at radius 2 is 2.17 bits per heavy atom. The zero-order valence-electron chi connectivity index (χ0n) is 6.42. The van der Waals surface area contributed by atoms with Crippen molar-refractivity contribution in [1.82, 2.24) is 0 Å². The van der Waals surface area contributed by atoms with Crippen LogP contribution in [0.15, 0.2) is 12.3 Å². The van der Waals surface area contributed by atoms with Crippen molar-refractivity contribution in [2.75, 3.05) is 19.8 Å². The maximum atomic E-state index is 10.8. The summed E-state index contributed by atoms with van der Waals surface area (Å²) in [4.78, 5) is 8.81. The van der Waals surface area contributed by atoms with Crippen LogP contribution in [0.25, 0.3) is 0 Å². The summed E-state index contributed by atoms with van der Waals surface area (Å²) in [5, 5.41) is 8.15. The third-order valence-electron chi connectivity index (χ3n) is 0.812. The molecule has 4 N–H and O–H groups in total. The van der Waals surface area contributed by atoms with E-state index in [1.54, 1.807) is 0 Å². The summed E-state index contributed by atoms with van der Waals surface area (Å²) in [6.45, 7) is -0.0881. The van der Waals surface area contributed by atoms with Crippen LogP contribution in [0, 0.1) is 0 Å². The third-order valence-corrected chi connectivity index (χ3v) is 1.80. The number of aliphatic hydroxyl groups is 1. The molecule has 1 atom stereocenters. The lowest BCUT2D eigenvalue weighted by molar-refractivity contribution is 0.164. The van der Waals surface area contributed by atoms with Gasteiger partial charge in [0.1, 0.15) is 0 Å². The average molecular weight is 197 g/mol. The highest BCUT2D eigenvalue weighted by atomic mass is 31.2. The summed E-state index contributed by atoms with van der Waals surface area (Å²) in [6, 6.07) is 0. The lowest BCUT2D eigenvalue weighted by Gasteiger charge is -2.09. The van der Waals surface area contributed by atoms with E-state index in [0.717, 1.165) is 6.08 Å². The van der Waals surface area contributed by atoms with Gasteiger partial charge in [-0.05, 0) is 6.08 Å². The Labute approximate surface area is 70.2 Å². The second-order valence-corrected chi connectivity index (χ2v) is 3.22. The Balaban J connectivity index is 3.63. The Morgan fingerprint density at radius 3 is 2.67 bits per heavy atom. The molecule has 0 aromatic heterocycles. The molecule has 0 aliphatic rings. The monoisotopic (exact) mass is 197 g/mol. The van der Waals surface area contributed by atoms with Crippen LogP contribution in [-0.4, -0.2) is 29.8 Å². The largest absolute Gasteiger partial charge is 0.516 e. The first kappa shape index (κ1) is 11.6. The second-order valence-electron chi connectivity index (χ2n) is 1.77. The quantitative estimate of drug-likeness (QED) is 0.413. The van der Waals surface area contributed by atoms with Crippen molar-refractivity contribution in [3.05, 3.63) is 12.3 Å². The Bertz CT molecular complexity index is 183. The van der Waals surface area contributed by atoms with Crippen molar-refractivity contribution in [3.8, 4) is 0 Å². The smallest absolute Gasteiger partial charge is 0.472 e. The van der Waals surface area contributed by atoms with Crippen LogP contribution in [0.4, 0.5) is 0 Å². The molecular weight excluding hydrogens is 185 g/mol. The molecule has 0 saturated heterocycles. The van der Waals surface area contributed by atoms with Crippen LogP contribution in [-0.2, 0) is 13.6 Å². The van der Waals surface area contributed by atoms with Gasteiger partial charge in [0.05, 0.1) is 19.5 Å². The van der Waals surface area contributed by atoms with Gasteiger partial charge in [-0.3, -0.25) is 9.05 Å². The van der Waals surface area contributed by atoms with Crippen LogP contribution in [0.1, 0.15) is 0 Å². The molecule has 0 aromatic rings. The number of hydrogen-bond donors (Lipinski definition) is 3. The van der Waals surface area contributed by atoms with Crippen molar-refractivity contribution >= 4 is 7.82 Å². The predicted molar refractivity (Wildman–Crippen MR) is 42.6 cm³/mol. The molecule has 0 aromatic carbocycles. The number of hydrogen-bond acceptors (Lipinski definition) is 5. The molecule has 0 bridgehead atoms. The van der Waals surface area contributed by atoms with Crippen molar-refractivity contribution in [2.45, 2.75) is 0 Å². The number of phosphoric acid groups is 1. The number of phosphoric ester groups is 1. The minimum atomic E-state index is -3.98. The molecule has 0 heterocycles. The maximum absolute atomic E-state index is 10.8. The zero-order chi connectivity index (χ0) is 9.45. The van der Waals surface area contributed by atoms with E-state index in [0.29, 0.717) is 6.26 Å². The van der Waals surface area contributed by atoms with Crippen LogP contribution in [0.3, 0.4) is 0 Å². The van der Waals surface area contributed by atoms with Crippen LogP contribution in [0.2, 0.25) is 0 Å². The average Bonchev–Trinajstić information content (AvgIpc) is 2.01. The summed E-state index contributed by atoms with van der Waals surface area (Å²) in [5.41, 5.74) is 5.02. The van der Waals surface area contributed by atoms with Gasteiger partial charge in [-0.2, -0.15) is 0 Å². The third kappa shape index (κ3) is 6.33. The van der Waals surface area contributed by atoms with Crippen molar-refractivity contribution in [3.63, 3.8) is 0 Å². The first-order valence-corrected chi connectivity index (χ1v) is 4.73. The van der Waals surface area contributed by atoms with Gasteiger partial charge in [0.25, 0.3) is 0 Å². The molecule has 7 heteroatoms. The fourth-order valence-electron chi connectivity index (χ4n) is 0.386. The number of aliphatic hydroxyl groups excluding tert-OH is 1. The minimum absolute atomic E-state index is 0.0450. The minimum Gasteiger partial charge on any atom is -0.516 e. The molecule has 0 aliphatic carbocycles. The van der Waals surface area contributed by atoms with Gasteiger partial charge < -0.3 is 15.7 Å². The van der Waals surface area contributed by atoms with E-state index in [1.165, 1.54) is 0 Å². The van der Waals surface area contributed by atoms with E-state index in [-0.39, 0.29) is 19.8 Å². The van der Waals surface area contributed by atoms with Crippen LogP contribution < -0.4 is 5.73 Å². The van der Waals surface area contributed by atoms with Gasteiger partial charge in [0, 0.05) is 6.54 Å². The van der Waals surface area contributed by atoms with Crippen LogP contribution >= 0.6 is 7.82 Å². The highest BCUT2D eigenvalue weighted by Crippen LogP contribution is 2.42. The molecule has 0 saturated carbocycles. The van der Waals surface area contributed by atoms with Crippen molar-refractivity contribution in [2.24, 2.45) is 5.73 Å². The molecule has 12 heavy (non-hydrogen) atoms. The van der Waals surface area contributed by atoms with Crippen molar-refractivity contribution in [1.29, 1.82) is 0 Å². The Morgan fingerprint density at radius 1 is 1.50 bits per heavy atom. The van der Waals surface area contributed by atoms with E-state index in [9.17, 15) is 4.57 Å². The van der Waals surface area contributed by atoms with E-state index >= 15 is 0 Å². The molecule has 0 spiro atoms. The zero-order valence-corrected chi connectivity index (χ0v) is 7.31. The predicted octanol–water partition coefficient (Wildman–Crippen LogP) is 0.150. The Hall–Kier alpha value is -0.390. The summed E-state index contributed by atoms with van der Waals surface area (Å²) >= 11 is 0. The lowest BCUT2D eigenvalue weighted by Crippen LogP contribution is -2.08. The highest BCUT2D eigenvalue weighted by Gasteiger charge is 2.18. The maximum Gasteiger partial charge on any atom is 0.472 e. The van der Waals surface area contributed by atoms with Gasteiger partial charge in [0.15, 0.2) is 0 Å². The Kier molecular flexibility index (Phi) is 5.96. The molecule has 72 valence electrons. The fraction of sp³-hybridized carbons (Fsp3) is 0.600. The normalized spacial score (nSPS) is 16.5. The van der Waals surface area contributed by atoms with Crippen molar-refractivity contribution < 1.29 is 23.6 Å². The number of nitrogens with two attached hydrogens (primary N) is 1. The lowest BCUT2D eigenvalue weighted by atomic mass is 10.7. The first-order chi connectivity index (χ1) is 5.62. The summed E-state index contributed by atoms with van der Waals surface area (Å²) in [5.74, 6) is 0. The van der Waals surface area contributed by atoms with Gasteiger partial charge in [-0.15, -0.1) is 0 Å². The standard InChI is InChI=1S/C5H12NO5P/c6-2-5-11-12(8,9)10-4-1-3-7/h1,3,7H,2,4-6H2,(H,8,9)/b3-1+. The number of rotatable bonds is 6. The fourth-order valence-corrected chi connectivity index (χ4v) is 1.07. The molecule has 6 nitrogen and oxygen atoms in total. The SMILES string of the molecule is NCCOP(=O)(O)OC/C=C/O. The molecule has 1 unspecified atom stereocenters. The molecule has 0 radical (unpaired) electrons. The molecule has 0 fully saturated rings. The van der Waals surface area contributed by atoms with E-state index in [4.69, 9.17) is 15.7 Å². The topological polar surface area (TPSA) is 102 Å². The molecule has 0 amide bonds. The highest BCUT2D eigenvalue weighted by molar-refractivity contribution is 7.47. The molecule has 0 aliphatic heterocycles. The molecule has 0 rings (SSSR count). The van der Waals surface area contributed by atoms with Gasteiger partial charge >= 0.3 is 7.82 Å². The first-order valence-electron chi connectivity index (χ1n) is 3.23. The molecular formula is C5H12NO5P. The van der Waals surface area contributed by atoms with E-state index < -0.39 is 7.82 Å². The van der Waals surface area contributed by atoms with Gasteiger partial charge in [0.2, 0.25) is 0 Å². The van der Waals surface area contributed by atoms with Gasteiger partial charge in [-0.1, -0.05) is 0 Å². The summed E-state index contributed by atoms with van der Waals surface area (Å²) in [6.07, 6.45) is 1.87. The van der Waals surface area contributed by atoms with E-state index in [1.807, 2.05) is 0 Å². The van der Waals surface area contributed by atoms with E-state index in [2.05, 4.69) is 9.05 Å². The summed E-state index contributed by atoms with van der Waals surface area (Å²) < 4.78 is 19.5. The second kappa shape index (κ2) is 6.16. The van der Waals surface area contributed by atoms with Crippen LogP contribution in [0.5, 0.6) is 0 Å². The summed E-state index contributed by atoms with van der Waals surface area (Å²) in [7, 11) is -3.98.